The van der Waals surface area contributed by atoms with Crippen LogP contribution >= 0.6 is 0 Å². The molecule has 1 aromatic carbocycles. The molecule has 0 bridgehead atoms. The number of sulfonamides is 1. The van der Waals surface area contributed by atoms with E-state index in [1.165, 1.54) is 38.4 Å². The summed E-state index contributed by atoms with van der Waals surface area (Å²) in [7, 11) is -3.25. The molecule has 0 spiro atoms. The van der Waals surface area contributed by atoms with E-state index in [1.54, 1.807) is 6.07 Å². The van der Waals surface area contributed by atoms with E-state index in [2.05, 4.69) is 17.0 Å². The van der Waals surface area contributed by atoms with E-state index in [9.17, 15) is 8.42 Å². The van der Waals surface area contributed by atoms with Gasteiger partial charge in [0.2, 0.25) is 10.0 Å². The van der Waals surface area contributed by atoms with Gasteiger partial charge in [0.05, 0.1) is 17.6 Å². The van der Waals surface area contributed by atoms with E-state index in [-0.39, 0.29) is 0 Å². The van der Waals surface area contributed by atoms with Crippen molar-refractivity contribution in [1.29, 1.82) is 0 Å². The van der Waals surface area contributed by atoms with Crippen LogP contribution < -0.4 is 10.0 Å². The van der Waals surface area contributed by atoms with Crippen LogP contribution in [-0.2, 0) is 10.0 Å². The molecule has 1 aromatic rings. The highest BCUT2D eigenvalue weighted by Gasteiger charge is 2.20. The van der Waals surface area contributed by atoms with Crippen LogP contribution in [0.5, 0.6) is 0 Å². The second-order valence-electron chi connectivity index (χ2n) is 5.75. The first kappa shape index (κ1) is 15.2. The average Bonchev–Trinajstić information content (AvgIpc) is 2.40. The average molecular weight is 296 g/mol. The SMILES string of the molecule is CC(Nc1ccccc1NS(C)(=O)=O)C1CCCCC1. The lowest BCUT2D eigenvalue weighted by atomic mass is 9.84. The third-order valence-corrected chi connectivity index (χ3v) is 4.55. The van der Waals surface area contributed by atoms with Crippen molar-refractivity contribution in [3.05, 3.63) is 24.3 Å². The second-order valence-corrected chi connectivity index (χ2v) is 7.50. The molecule has 1 atom stereocenters. The number of hydrogen-bond acceptors (Lipinski definition) is 3. The Hall–Kier alpha value is -1.23. The van der Waals surface area contributed by atoms with Gasteiger partial charge in [0.25, 0.3) is 0 Å². The minimum atomic E-state index is -3.25. The smallest absolute Gasteiger partial charge is 0.229 e. The summed E-state index contributed by atoms with van der Waals surface area (Å²) in [5.41, 5.74) is 1.48. The van der Waals surface area contributed by atoms with Crippen LogP contribution in [0.1, 0.15) is 39.0 Å². The van der Waals surface area contributed by atoms with E-state index in [4.69, 9.17) is 0 Å². The summed E-state index contributed by atoms with van der Waals surface area (Å²) < 4.78 is 25.4. The zero-order valence-electron chi connectivity index (χ0n) is 12.2. The Bertz CT molecular complexity index is 537. The van der Waals surface area contributed by atoms with Crippen LogP contribution in [0, 0.1) is 5.92 Å². The minimum Gasteiger partial charge on any atom is -0.381 e. The molecule has 20 heavy (non-hydrogen) atoms. The van der Waals surface area contributed by atoms with E-state index in [0.717, 1.165) is 5.69 Å². The molecule has 0 radical (unpaired) electrons. The number of rotatable bonds is 5. The largest absolute Gasteiger partial charge is 0.381 e. The third kappa shape index (κ3) is 4.40. The maximum Gasteiger partial charge on any atom is 0.229 e. The number of anilines is 2. The van der Waals surface area contributed by atoms with Gasteiger partial charge in [-0.2, -0.15) is 0 Å². The first-order valence-corrected chi connectivity index (χ1v) is 9.18. The van der Waals surface area contributed by atoms with Crippen molar-refractivity contribution in [1.82, 2.24) is 0 Å². The lowest BCUT2D eigenvalue weighted by Gasteiger charge is -2.29. The van der Waals surface area contributed by atoms with Crippen molar-refractivity contribution in [3.63, 3.8) is 0 Å². The molecule has 1 unspecified atom stereocenters. The van der Waals surface area contributed by atoms with Gasteiger partial charge in [0.1, 0.15) is 0 Å². The molecule has 1 fully saturated rings. The van der Waals surface area contributed by atoms with Crippen LogP contribution in [0.4, 0.5) is 11.4 Å². The highest BCUT2D eigenvalue weighted by molar-refractivity contribution is 7.92. The van der Waals surface area contributed by atoms with Crippen molar-refractivity contribution in [2.45, 2.75) is 45.1 Å². The predicted octanol–water partition coefficient (Wildman–Crippen LogP) is 3.44. The standard InChI is InChI=1S/C15H24N2O2S/c1-12(13-8-4-3-5-9-13)16-14-10-6-7-11-15(14)17-20(2,18)19/h6-7,10-13,16-17H,3-5,8-9H2,1-2H3. The first-order valence-electron chi connectivity index (χ1n) is 7.29. The van der Waals surface area contributed by atoms with E-state index in [0.29, 0.717) is 17.6 Å². The highest BCUT2D eigenvalue weighted by Crippen LogP contribution is 2.30. The van der Waals surface area contributed by atoms with E-state index >= 15 is 0 Å². The van der Waals surface area contributed by atoms with E-state index < -0.39 is 10.0 Å². The lowest BCUT2D eigenvalue weighted by molar-refractivity contribution is 0.328. The summed E-state index contributed by atoms with van der Waals surface area (Å²) in [5, 5.41) is 3.48. The summed E-state index contributed by atoms with van der Waals surface area (Å²) in [6, 6.07) is 7.83. The van der Waals surface area contributed by atoms with Gasteiger partial charge in [-0.1, -0.05) is 31.4 Å². The normalized spacial score (nSPS) is 18.5. The fraction of sp³-hybridized carbons (Fsp3) is 0.600. The van der Waals surface area contributed by atoms with Gasteiger partial charge >= 0.3 is 0 Å². The summed E-state index contributed by atoms with van der Waals surface area (Å²) in [6.07, 6.45) is 7.65. The molecule has 0 aliphatic heterocycles. The maximum absolute atomic E-state index is 11.4. The molecular formula is C15H24N2O2S. The molecule has 1 aliphatic carbocycles. The Morgan fingerprint density at radius 3 is 2.30 bits per heavy atom. The van der Waals surface area contributed by atoms with Crippen molar-refractivity contribution < 1.29 is 8.42 Å². The second kappa shape index (κ2) is 6.48. The fourth-order valence-electron chi connectivity index (χ4n) is 2.90. The van der Waals surface area contributed by atoms with Gasteiger partial charge in [0, 0.05) is 6.04 Å². The summed E-state index contributed by atoms with van der Waals surface area (Å²) in [4.78, 5) is 0. The van der Waals surface area contributed by atoms with Crippen LogP contribution in [0.3, 0.4) is 0 Å². The number of hydrogen-bond donors (Lipinski definition) is 2. The van der Waals surface area contributed by atoms with Crippen molar-refractivity contribution >= 4 is 21.4 Å². The summed E-state index contributed by atoms with van der Waals surface area (Å²) in [6.45, 7) is 2.19. The van der Waals surface area contributed by atoms with Crippen molar-refractivity contribution in [3.8, 4) is 0 Å². The molecular weight excluding hydrogens is 272 g/mol. The summed E-state index contributed by atoms with van der Waals surface area (Å²) in [5.74, 6) is 0.676. The van der Waals surface area contributed by atoms with Crippen LogP contribution in [0.15, 0.2) is 24.3 Å². The molecule has 2 rings (SSSR count). The molecule has 0 saturated heterocycles. The lowest BCUT2D eigenvalue weighted by Crippen LogP contribution is -2.28. The number of para-hydroxylation sites is 2. The minimum absolute atomic E-state index is 0.359. The molecule has 112 valence electrons. The Morgan fingerprint density at radius 1 is 1.10 bits per heavy atom. The molecule has 0 heterocycles. The Kier molecular flexibility index (Phi) is 4.91. The third-order valence-electron chi connectivity index (χ3n) is 3.96. The molecule has 5 heteroatoms. The Balaban J connectivity index is 2.08. The Labute approximate surface area is 122 Å². The molecule has 0 aromatic heterocycles. The number of nitrogens with one attached hydrogen (secondary N) is 2. The quantitative estimate of drug-likeness (QED) is 0.875. The van der Waals surface area contributed by atoms with Crippen LogP contribution in [-0.4, -0.2) is 20.7 Å². The van der Waals surface area contributed by atoms with Crippen molar-refractivity contribution in [2.24, 2.45) is 5.92 Å². The molecule has 2 N–H and O–H groups in total. The highest BCUT2D eigenvalue weighted by atomic mass is 32.2. The first-order chi connectivity index (χ1) is 9.46. The fourth-order valence-corrected chi connectivity index (χ4v) is 3.47. The van der Waals surface area contributed by atoms with Gasteiger partial charge in [-0.25, -0.2) is 8.42 Å². The monoisotopic (exact) mass is 296 g/mol. The molecule has 1 aliphatic rings. The van der Waals surface area contributed by atoms with Gasteiger partial charge in [-0.05, 0) is 37.8 Å². The molecule has 1 saturated carbocycles. The van der Waals surface area contributed by atoms with Crippen molar-refractivity contribution in [2.75, 3.05) is 16.3 Å². The van der Waals surface area contributed by atoms with Gasteiger partial charge in [0.15, 0.2) is 0 Å². The molecule has 0 amide bonds. The van der Waals surface area contributed by atoms with Crippen LogP contribution in [0.25, 0.3) is 0 Å². The van der Waals surface area contributed by atoms with E-state index in [1.807, 2.05) is 18.2 Å². The zero-order chi connectivity index (χ0) is 14.6. The topological polar surface area (TPSA) is 58.2 Å². The molecule has 4 nitrogen and oxygen atoms in total. The van der Waals surface area contributed by atoms with Crippen LogP contribution in [0.2, 0.25) is 0 Å². The predicted molar refractivity (Wildman–Crippen MR) is 84.6 cm³/mol. The number of benzene rings is 1. The van der Waals surface area contributed by atoms with Gasteiger partial charge < -0.3 is 5.32 Å². The summed E-state index contributed by atoms with van der Waals surface area (Å²) >= 11 is 0. The Morgan fingerprint density at radius 2 is 1.70 bits per heavy atom. The maximum atomic E-state index is 11.4. The van der Waals surface area contributed by atoms with Gasteiger partial charge in [-0.15, -0.1) is 0 Å². The zero-order valence-corrected chi connectivity index (χ0v) is 13.0. The van der Waals surface area contributed by atoms with Gasteiger partial charge in [-0.3, -0.25) is 4.72 Å².